The number of hydrogen-bond donors (Lipinski definition) is 0. The Labute approximate surface area is 146 Å². The quantitative estimate of drug-likeness (QED) is 0.699. The zero-order valence-corrected chi connectivity index (χ0v) is 15.6. The molecule has 0 saturated carbocycles. The van der Waals surface area contributed by atoms with Crippen molar-refractivity contribution in [3.8, 4) is 5.75 Å². The third-order valence-electron chi connectivity index (χ3n) is 4.90. The molecule has 0 atom stereocenters. The molecular weight excluding hydrogens is 292 g/mol. The summed E-state index contributed by atoms with van der Waals surface area (Å²) in [5.74, 6) is 1.10. The minimum atomic E-state index is 0.152. The molecule has 2 aromatic rings. The van der Waals surface area contributed by atoms with Gasteiger partial charge in [-0.1, -0.05) is 64.8 Å². The molecule has 0 heterocycles. The SMILES string of the molecule is CCCCCOc1c2c(cc3ccc(C(C)(C)C)cc13)=CCCC=2. The molecule has 128 valence electrons. The zero-order chi connectivity index (χ0) is 17.2. The van der Waals surface area contributed by atoms with Gasteiger partial charge in [0, 0.05) is 10.6 Å². The van der Waals surface area contributed by atoms with E-state index in [1.807, 2.05) is 0 Å². The van der Waals surface area contributed by atoms with Gasteiger partial charge in [-0.15, -0.1) is 0 Å². The molecule has 0 amide bonds. The maximum Gasteiger partial charge on any atom is 0.134 e. The third kappa shape index (κ3) is 3.50. The van der Waals surface area contributed by atoms with Crippen LogP contribution < -0.4 is 15.2 Å². The molecule has 0 fully saturated rings. The molecule has 0 spiro atoms. The van der Waals surface area contributed by atoms with E-state index in [9.17, 15) is 0 Å². The molecule has 1 aliphatic rings. The number of fused-ring (bicyclic) bond motifs is 2. The van der Waals surface area contributed by atoms with Gasteiger partial charge in [0.25, 0.3) is 0 Å². The first-order valence-electron chi connectivity index (χ1n) is 9.41. The van der Waals surface area contributed by atoms with Crippen molar-refractivity contribution in [2.45, 2.75) is 65.2 Å². The van der Waals surface area contributed by atoms with Gasteiger partial charge in [-0.2, -0.15) is 0 Å². The lowest BCUT2D eigenvalue weighted by Crippen LogP contribution is -2.29. The fraction of sp³-hybridized carbons (Fsp3) is 0.478. The normalized spacial score (nSPS) is 14.0. The van der Waals surface area contributed by atoms with Crippen LogP contribution in [0.3, 0.4) is 0 Å². The largest absolute Gasteiger partial charge is 0.492 e. The van der Waals surface area contributed by atoms with Crippen molar-refractivity contribution in [3.63, 3.8) is 0 Å². The fourth-order valence-corrected chi connectivity index (χ4v) is 3.39. The van der Waals surface area contributed by atoms with E-state index in [0.717, 1.165) is 31.6 Å². The van der Waals surface area contributed by atoms with E-state index in [1.165, 1.54) is 39.6 Å². The van der Waals surface area contributed by atoms with Crippen LogP contribution in [0.1, 0.15) is 65.4 Å². The van der Waals surface area contributed by atoms with Gasteiger partial charge in [0.1, 0.15) is 5.75 Å². The Hall–Kier alpha value is -1.76. The number of unbranched alkanes of at least 4 members (excludes halogenated alkanes) is 2. The summed E-state index contributed by atoms with van der Waals surface area (Å²) in [5, 5.41) is 5.20. The Morgan fingerprint density at radius 1 is 1.00 bits per heavy atom. The van der Waals surface area contributed by atoms with Crippen LogP contribution in [-0.2, 0) is 5.41 Å². The van der Waals surface area contributed by atoms with Gasteiger partial charge < -0.3 is 4.74 Å². The van der Waals surface area contributed by atoms with Crippen LogP contribution in [0.2, 0.25) is 0 Å². The minimum absolute atomic E-state index is 0.152. The summed E-state index contributed by atoms with van der Waals surface area (Å²) in [6.45, 7) is 9.86. The van der Waals surface area contributed by atoms with Gasteiger partial charge in [0.15, 0.2) is 0 Å². The Morgan fingerprint density at radius 3 is 2.54 bits per heavy atom. The van der Waals surface area contributed by atoms with E-state index in [1.54, 1.807) is 0 Å². The van der Waals surface area contributed by atoms with Gasteiger partial charge in [-0.05, 0) is 53.0 Å². The van der Waals surface area contributed by atoms with Gasteiger partial charge in [0.2, 0.25) is 0 Å². The van der Waals surface area contributed by atoms with Crippen molar-refractivity contribution in [2.24, 2.45) is 0 Å². The van der Waals surface area contributed by atoms with Crippen LogP contribution in [0.4, 0.5) is 0 Å². The summed E-state index contributed by atoms with van der Waals surface area (Å²) in [5.41, 5.74) is 1.52. The van der Waals surface area contributed by atoms with Crippen molar-refractivity contribution in [3.05, 3.63) is 40.3 Å². The highest BCUT2D eigenvalue weighted by Gasteiger charge is 2.16. The van der Waals surface area contributed by atoms with Gasteiger partial charge in [-0.25, -0.2) is 0 Å². The van der Waals surface area contributed by atoms with Gasteiger partial charge >= 0.3 is 0 Å². The molecule has 0 bridgehead atoms. The molecule has 1 nitrogen and oxygen atoms in total. The van der Waals surface area contributed by atoms with Crippen molar-refractivity contribution >= 4 is 22.9 Å². The first kappa shape index (κ1) is 17.1. The average Bonchev–Trinajstić information content (AvgIpc) is 2.56. The highest BCUT2D eigenvalue weighted by atomic mass is 16.5. The molecule has 1 heteroatoms. The number of hydrogen-bond acceptors (Lipinski definition) is 1. The molecule has 24 heavy (non-hydrogen) atoms. The Morgan fingerprint density at radius 2 is 1.79 bits per heavy atom. The van der Waals surface area contributed by atoms with Gasteiger partial charge in [0.05, 0.1) is 6.61 Å². The van der Waals surface area contributed by atoms with E-state index >= 15 is 0 Å². The lowest BCUT2D eigenvalue weighted by atomic mass is 9.85. The molecule has 0 saturated heterocycles. The van der Waals surface area contributed by atoms with Crippen molar-refractivity contribution in [1.82, 2.24) is 0 Å². The second-order valence-corrected chi connectivity index (χ2v) is 7.94. The Bertz CT molecular complexity index is 837. The smallest absolute Gasteiger partial charge is 0.134 e. The summed E-state index contributed by atoms with van der Waals surface area (Å²) in [6, 6.07) is 9.19. The summed E-state index contributed by atoms with van der Waals surface area (Å²) >= 11 is 0. The molecule has 0 N–H and O–H groups in total. The minimum Gasteiger partial charge on any atom is -0.492 e. The number of benzene rings is 2. The number of rotatable bonds is 5. The van der Waals surface area contributed by atoms with Gasteiger partial charge in [-0.3, -0.25) is 0 Å². The van der Waals surface area contributed by atoms with E-state index in [4.69, 9.17) is 4.74 Å². The Balaban J connectivity index is 2.15. The standard InChI is InChI=1S/C23H30O/c1-5-6-9-14-24-22-20-11-8-7-10-17(20)15-18-12-13-19(16-21(18)22)23(2,3)4/h10-13,15-16H,5-9,14H2,1-4H3. The molecule has 0 aromatic heterocycles. The molecular formula is C23H30O. The first-order chi connectivity index (χ1) is 11.5. The van der Waals surface area contributed by atoms with Crippen molar-refractivity contribution in [2.75, 3.05) is 6.61 Å². The van der Waals surface area contributed by atoms with E-state index in [2.05, 4.69) is 64.1 Å². The molecule has 0 unspecified atom stereocenters. The highest BCUT2D eigenvalue weighted by Crippen LogP contribution is 2.29. The Kier molecular flexibility index (Phi) is 4.99. The molecule has 2 aromatic carbocycles. The highest BCUT2D eigenvalue weighted by molar-refractivity contribution is 5.90. The van der Waals surface area contributed by atoms with Crippen LogP contribution >= 0.6 is 0 Å². The first-order valence-corrected chi connectivity index (χ1v) is 9.41. The second-order valence-electron chi connectivity index (χ2n) is 7.94. The van der Waals surface area contributed by atoms with Crippen LogP contribution in [0.15, 0.2) is 24.3 Å². The van der Waals surface area contributed by atoms with E-state index in [0.29, 0.717) is 0 Å². The van der Waals surface area contributed by atoms with E-state index < -0.39 is 0 Å². The topological polar surface area (TPSA) is 9.23 Å². The summed E-state index contributed by atoms with van der Waals surface area (Å²) in [4.78, 5) is 0. The lowest BCUT2D eigenvalue weighted by molar-refractivity contribution is 0.307. The molecule has 3 rings (SSSR count). The molecule has 1 aliphatic carbocycles. The van der Waals surface area contributed by atoms with Crippen LogP contribution in [0, 0.1) is 0 Å². The summed E-state index contributed by atoms with van der Waals surface area (Å²) < 4.78 is 6.34. The van der Waals surface area contributed by atoms with Crippen molar-refractivity contribution < 1.29 is 4.74 Å². The van der Waals surface area contributed by atoms with Crippen LogP contribution in [0.5, 0.6) is 5.75 Å². The predicted octanol–water partition coefficient (Wildman–Crippen LogP) is 5.06. The zero-order valence-electron chi connectivity index (χ0n) is 15.6. The molecule has 0 radical (unpaired) electrons. The predicted molar refractivity (Wildman–Crippen MR) is 105 cm³/mol. The van der Waals surface area contributed by atoms with Crippen molar-refractivity contribution in [1.29, 1.82) is 0 Å². The maximum atomic E-state index is 6.34. The van der Waals surface area contributed by atoms with E-state index in [-0.39, 0.29) is 5.41 Å². The second kappa shape index (κ2) is 7.01. The fourth-order valence-electron chi connectivity index (χ4n) is 3.39. The van der Waals surface area contributed by atoms with Crippen LogP contribution in [0.25, 0.3) is 22.9 Å². The van der Waals surface area contributed by atoms with Crippen LogP contribution in [-0.4, -0.2) is 6.61 Å². The molecule has 0 aliphatic heterocycles. The average molecular weight is 322 g/mol. The summed E-state index contributed by atoms with van der Waals surface area (Å²) in [6.07, 6.45) is 10.5. The lowest BCUT2D eigenvalue weighted by Gasteiger charge is -2.21. The summed E-state index contributed by atoms with van der Waals surface area (Å²) in [7, 11) is 0. The third-order valence-corrected chi connectivity index (χ3v) is 4.90. The monoisotopic (exact) mass is 322 g/mol. The number of ether oxygens (including phenoxy) is 1. The maximum absolute atomic E-state index is 6.34.